The summed E-state index contributed by atoms with van der Waals surface area (Å²) in [5.41, 5.74) is 37.2. The maximum Gasteiger partial charge on any atom is 0.252 e. The average Bonchev–Trinajstić information content (AvgIpc) is 1.10. The molecule has 4 aliphatic rings. The Bertz CT molecular complexity index is 6380. The van der Waals surface area contributed by atoms with Gasteiger partial charge in [0, 0.05) is 61.4 Å². The van der Waals surface area contributed by atoms with Gasteiger partial charge >= 0.3 is 0 Å². The number of rotatable bonds is 9. The molecule has 0 unspecified atom stereocenters. The highest BCUT2D eigenvalue weighted by Gasteiger charge is 2.45. The summed E-state index contributed by atoms with van der Waals surface area (Å²) in [5, 5.41) is 4.89. The first-order valence-electron chi connectivity index (χ1n) is 39.5. The summed E-state index contributed by atoms with van der Waals surface area (Å²) >= 11 is 0. The zero-order valence-corrected chi connectivity index (χ0v) is 64.6. The Morgan fingerprint density at radius 3 is 1.06 bits per heavy atom. The highest BCUT2D eigenvalue weighted by molar-refractivity contribution is 7.00. The third-order valence-electron chi connectivity index (χ3n) is 25.8. The van der Waals surface area contributed by atoms with Crippen molar-refractivity contribution in [3.05, 3.63) is 331 Å². The minimum Gasteiger partial charge on any atom is -0.311 e. The Morgan fingerprint density at radius 2 is 0.587 bits per heavy atom. The van der Waals surface area contributed by atoms with Crippen LogP contribution in [-0.2, 0) is 27.1 Å². The Balaban J connectivity index is 0.861. The van der Waals surface area contributed by atoms with Crippen LogP contribution in [-0.4, -0.2) is 15.8 Å². The van der Waals surface area contributed by atoms with Gasteiger partial charge in [0.2, 0.25) is 0 Å². The molecule has 109 heavy (non-hydrogen) atoms. The number of hydrogen-bond donors (Lipinski definition) is 0. The number of benzene rings is 14. The van der Waals surface area contributed by atoms with E-state index >= 15 is 0 Å². The van der Waals surface area contributed by atoms with Gasteiger partial charge in [-0.3, -0.25) is 0 Å². The summed E-state index contributed by atoms with van der Waals surface area (Å²) in [6.45, 7) is 26.2. The van der Waals surface area contributed by atoms with Gasteiger partial charge in [0.1, 0.15) is 0 Å². The Labute approximate surface area is 642 Å². The minimum absolute atomic E-state index is 0.0110. The highest BCUT2D eigenvalue weighted by Crippen LogP contribution is 2.52. The molecule has 4 nitrogen and oxygen atoms in total. The van der Waals surface area contributed by atoms with E-state index in [4.69, 9.17) is 0 Å². The zero-order valence-electron chi connectivity index (χ0n) is 64.6. The number of para-hydroxylation sites is 2. The van der Waals surface area contributed by atoms with Crippen molar-refractivity contribution in [2.24, 2.45) is 0 Å². The predicted molar refractivity (Wildman–Crippen MR) is 466 cm³/mol. The molecule has 5 heteroatoms. The molecule has 2 aliphatic heterocycles. The van der Waals surface area contributed by atoms with Gasteiger partial charge < -0.3 is 18.9 Å². The van der Waals surface area contributed by atoms with E-state index < -0.39 is 0 Å². The molecule has 0 saturated carbocycles. The lowest BCUT2D eigenvalue weighted by atomic mass is 9.33. The molecule has 0 radical (unpaired) electrons. The van der Waals surface area contributed by atoms with Crippen molar-refractivity contribution in [1.29, 1.82) is 0 Å². The van der Waals surface area contributed by atoms with Crippen LogP contribution in [0, 0.1) is 0 Å². The number of nitrogens with zero attached hydrogens (tertiary/aromatic N) is 4. The molecule has 0 saturated heterocycles. The minimum atomic E-state index is -0.175. The number of aromatic nitrogens is 2. The maximum atomic E-state index is 2.64. The molecule has 530 valence electrons. The van der Waals surface area contributed by atoms with Gasteiger partial charge in [0.25, 0.3) is 6.71 Å². The third kappa shape index (κ3) is 10.8. The predicted octanol–water partition coefficient (Wildman–Crippen LogP) is 26.3. The molecule has 4 heterocycles. The fraction of sp³-hybridized carbons (Fsp3) is 0.192. The van der Waals surface area contributed by atoms with E-state index in [1.165, 1.54) is 157 Å². The summed E-state index contributed by atoms with van der Waals surface area (Å²) in [7, 11) is 0. The molecule has 20 rings (SSSR count). The lowest BCUT2D eigenvalue weighted by molar-refractivity contribution is 0.332. The molecule has 0 N–H and O–H groups in total. The summed E-state index contributed by atoms with van der Waals surface area (Å²) in [5.74, 6) is 0. The van der Waals surface area contributed by atoms with Gasteiger partial charge in [0.15, 0.2) is 0 Å². The molecule has 0 amide bonds. The molecule has 0 atom stereocenters. The topological polar surface area (TPSA) is 16.3 Å². The van der Waals surface area contributed by atoms with E-state index in [9.17, 15) is 0 Å². The second-order valence-electron chi connectivity index (χ2n) is 35.4. The molecule has 14 aromatic carbocycles. The summed E-state index contributed by atoms with van der Waals surface area (Å²) in [6, 6.07) is 117. The summed E-state index contributed by atoms with van der Waals surface area (Å²) in [6.07, 6.45) is 4.69. The van der Waals surface area contributed by atoms with Crippen molar-refractivity contribution in [3.8, 4) is 67.0 Å². The second-order valence-corrected chi connectivity index (χ2v) is 35.4. The van der Waals surface area contributed by atoms with Gasteiger partial charge in [-0.2, -0.15) is 0 Å². The van der Waals surface area contributed by atoms with Crippen LogP contribution < -0.4 is 26.2 Å². The molecule has 16 aromatic rings. The Kier molecular flexibility index (Phi) is 15.0. The van der Waals surface area contributed by atoms with Crippen LogP contribution in [0.4, 0.5) is 34.1 Å². The monoisotopic (exact) mass is 1410 g/mol. The first kappa shape index (κ1) is 66.8. The van der Waals surface area contributed by atoms with E-state index in [2.05, 4.69) is 398 Å². The summed E-state index contributed by atoms with van der Waals surface area (Å²) < 4.78 is 5.07. The van der Waals surface area contributed by atoms with Crippen LogP contribution in [0.3, 0.4) is 0 Å². The first-order valence-corrected chi connectivity index (χ1v) is 39.5. The summed E-state index contributed by atoms with van der Waals surface area (Å²) in [4.78, 5) is 5.27. The van der Waals surface area contributed by atoms with Crippen LogP contribution in [0.2, 0.25) is 0 Å². The highest BCUT2D eigenvalue weighted by atomic mass is 15.2. The molecule has 0 spiro atoms. The Hall–Kier alpha value is -11.7. The lowest BCUT2D eigenvalue weighted by Crippen LogP contribution is -2.61. The van der Waals surface area contributed by atoms with Crippen molar-refractivity contribution in [1.82, 2.24) is 9.13 Å². The molecule has 0 fully saturated rings. The van der Waals surface area contributed by atoms with Gasteiger partial charge in [-0.05, 0) is 244 Å². The number of anilines is 6. The zero-order chi connectivity index (χ0) is 74.2. The second kappa shape index (κ2) is 24.4. The fourth-order valence-corrected chi connectivity index (χ4v) is 19.4. The van der Waals surface area contributed by atoms with E-state index in [-0.39, 0.29) is 33.8 Å². The van der Waals surface area contributed by atoms with Crippen molar-refractivity contribution in [2.75, 3.05) is 9.80 Å². The van der Waals surface area contributed by atoms with E-state index in [1.54, 1.807) is 0 Å². The van der Waals surface area contributed by atoms with Crippen LogP contribution in [0.5, 0.6) is 0 Å². The normalized spacial score (nSPS) is 15.8. The van der Waals surface area contributed by atoms with Crippen LogP contribution in [0.25, 0.3) is 111 Å². The SMILES string of the molecule is CC(C)(C)c1ccc(-c2ccc3c(c2)N(c2ccc(-c4ccc5c(c4)C(C)(C)CCC5(C)C)cc2)c2cc(-n4c5ccccc5c5cc(-c6ccccc6)ccc54)cc4c2B3c2ccc(-n3c5ccccc5c5cc(-c6ccccc6)ccc53)cc2N4c2ccc(-c3ccc4c(c3)C(C)(C)CCC4(C)C)cc2)cc1. The van der Waals surface area contributed by atoms with Gasteiger partial charge in [-0.25, -0.2) is 0 Å². The number of hydrogen-bond acceptors (Lipinski definition) is 2. The van der Waals surface area contributed by atoms with Crippen LogP contribution >= 0.6 is 0 Å². The van der Waals surface area contributed by atoms with Crippen molar-refractivity contribution in [3.63, 3.8) is 0 Å². The molecule has 2 aromatic heterocycles. The molecule has 2 aliphatic carbocycles. The van der Waals surface area contributed by atoms with Gasteiger partial charge in [-0.1, -0.05) is 288 Å². The van der Waals surface area contributed by atoms with E-state index in [0.717, 1.165) is 57.3 Å². The van der Waals surface area contributed by atoms with Crippen molar-refractivity contribution < 1.29 is 0 Å². The van der Waals surface area contributed by atoms with E-state index in [0.29, 0.717) is 0 Å². The third-order valence-corrected chi connectivity index (χ3v) is 25.8. The largest absolute Gasteiger partial charge is 0.311 e. The van der Waals surface area contributed by atoms with Crippen molar-refractivity contribution in [2.45, 2.75) is 129 Å². The molecular formula is C104H91BN4. The average molecular weight is 1410 g/mol. The van der Waals surface area contributed by atoms with Gasteiger partial charge in [-0.15, -0.1) is 0 Å². The Morgan fingerprint density at radius 1 is 0.257 bits per heavy atom. The smallest absolute Gasteiger partial charge is 0.252 e. The fourth-order valence-electron chi connectivity index (χ4n) is 19.4. The molecule has 0 bridgehead atoms. The van der Waals surface area contributed by atoms with Crippen molar-refractivity contribution >= 4 is 101 Å². The molecular weight excluding hydrogens is 1320 g/mol. The van der Waals surface area contributed by atoms with E-state index in [1.807, 2.05) is 0 Å². The standard InChI is InChI=1S/C104H91BN4/c1-100(2,3)76-41-30-68(31-42-76)75-38-50-89-95(62-75)106(77-43-32-69(33-44-77)73-36-48-85-87(60-73)103(8,9)56-54-101(85,4)5)97-64-80(109-92-29-21-19-27-82(92)84-59-72(40-53-94(84)109)67-24-16-13-17-25-67)65-98-99(97)105(89)90-51-47-79(108-91-28-20-18-26-81(91)83-58-71(39-52-93(83)108)66-22-14-12-15-23-66)63-96(90)107(98)78-45-34-70(35-46-78)74-37-49-86-88(61-74)104(10,11)57-55-102(86,6)7/h12-53,58-65H,54-57H2,1-11H3. The van der Waals surface area contributed by atoms with Gasteiger partial charge in [0.05, 0.1) is 27.8 Å². The maximum absolute atomic E-state index is 2.64. The van der Waals surface area contributed by atoms with Crippen LogP contribution in [0.1, 0.15) is 130 Å². The quantitative estimate of drug-likeness (QED) is 0.134. The first-order chi connectivity index (χ1) is 52.6. The lowest BCUT2D eigenvalue weighted by Gasteiger charge is -2.44. The van der Waals surface area contributed by atoms with Crippen LogP contribution in [0.15, 0.2) is 303 Å². The number of fused-ring (bicyclic) bond motifs is 12.